The van der Waals surface area contributed by atoms with Crippen molar-refractivity contribution in [2.45, 2.75) is 19.8 Å². The van der Waals surface area contributed by atoms with E-state index in [9.17, 15) is 9.59 Å². The lowest BCUT2D eigenvalue weighted by Crippen LogP contribution is -2.38. The zero-order valence-corrected chi connectivity index (χ0v) is 10.3. The van der Waals surface area contributed by atoms with E-state index in [1.165, 1.54) is 12.4 Å². The van der Waals surface area contributed by atoms with E-state index in [4.69, 9.17) is 0 Å². The van der Waals surface area contributed by atoms with Crippen molar-refractivity contribution in [1.29, 1.82) is 0 Å². The highest BCUT2D eigenvalue weighted by molar-refractivity contribution is 5.94. The molecule has 1 aliphatic rings. The van der Waals surface area contributed by atoms with Gasteiger partial charge in [-0.15, -0.1) is 0 Å². The number of carbonyl (C=O) groups excluding carboxylic acids is 2. The third-order valence-electron chi connectivity index (χ3n) is 2.87. The summed E-state index contributed by atoms with van der Waals surface area (Å²) in [6.07, 6.45) is 5.02. The monoisotopic (exact) mass is 248 g/mol. The standard InChI is InChI=1S/C12H16N4O2/c1-9-6-14-10(7-13-9)12(18)15-8-11(17)16-4-2-3-5-16/h6-7H,2-5,8H2,1H3,(H,15,18). The van der Waals surface area contributed by atoms with E-state index >= 15 is 0 Å². The van der Waals surface area contributed by atoms with Gasteiger partial charge in [-0.05, 0) is 19.8 Å². The van der Waals surface area contributed by atoms with Gasteiger partial charge in [0.05, 0.1) is 18.4 Å². The van der Waals surface area contributed by atoms with Crippen LogP contribution < -0.4 is 5.32 Å². The number of hydrogen-bond donors (Lipinski definition) is 1. The van der Waals surface area contributed by atoms with Gasteiger partial charge in [-0.1, -0.05) is 0 Å². The first-order valence-corrected chi connectivity index (χ1v) is 6.01. The van der Waals surface area contributed by atoms with Crippen LogP contribution >= 0.6 is 0 Å². The summed E-state index contributed by atoms with van der Waals surface area (Å²) in [5.74, 6) is -0.407. The summed E-state index contributed by atoms with van der Waals surface area (Å²) < 4.78 is 0. The molecular weight excluding hydrogens is 232 g/mol. The van der Waals surface area contributed by atoms with Crippen LogP contribution in [0.25, 0.3) is 0 Å². The quantitative estimate of drug-likeness (QED) is 0.825. The number of nitrogens with zero attached hydrogens (tertiary/aromatic N) is 3. The average molecular weight is 248 g/mol. The van der Waals surface area contributed by atoms with Crippen molar-refractivity contribution in [3.8, 4) is 0 Å². The first kappa shape index (κ1) is 12.5. The second kappa shape index (κ2) is 5.57. The maximum atomic E-state index is 11.7. The van der Waals surface area contributed by atoms with Crippen LogP contribution in [0.2, 0.25) is 0 Å². The highest BCUT2D eigenvalue weighted by atomic mass is 16.2. The fraction of sp³-hybridized carbons (Fsp3) is 0.500. The lowest BCUT2D eigenvalue weighted by Gasteiger charge is -2.15. The highest BCUT2D eigenvalue weighted by Crippen LogP contribution is 2.06. The SMILES string of the molecule is Cc1cnc(C(=O)NCC(=O)N2CCCC2)cn1. The molecule has 0 unspecified atom stereocenters. The van der Waals surface area contributed by atoms with Crippen LogP contribution in [0.5, 0.6) is 0 Å². The van der Waals surface area contributed by atoms with Crippen LogP contribution in [0.1, 0.15) is 29.0 Å². The van der Waals surface area contributed by atoms with E-state index in [1.807, 2.05) is 0 Å². The number of rotatable bonds is 3. The molecule has 0 saturated carbocycles. The molecular formula is C12H16N4O2. The van der Waals surface area contributed by atoms with Gasteiger partial charge < -0.3 is 10.2 Å². The van der Waals surface area contributed by atoms with Gasteiger partial charge in [0, 0.05) is 19.3 Å². The Morgan fingerprint density at radius 3 is 2.61 bits per heavy atom. The predicted octanol–water partition coefficient (Wildman–Crippen LogP) is 0.137. The van der Waals surface area contributed by atoms with Gasteiger partial charge in [-0.25, -0.2) is 4.98 Å². The average Bonchev–Trinajstić information content (AvgIpc) is 2.90. The van der Waals surface area contributed by atoms with Gasteiger partial charge >= 0.3 is 0 Å². The van der Waals surface area contributed by atoms with Crippen molar-refractivity contribution in [1.82, 2.24) is 20.2 Å². The molecule has 1 aromatic rings. The number of likely N-dealkylation sites (tertiary alicyclic amines) is 1. The first-order valence-electron chi connectivity index (χ1n) is 6.01. The molecule has 0 spiro atoms. The second-order valence-electron chi connectivity index (χ2n) is 4.31. The largest absolute Gasteiger partial charge is 0.342 e. The lowest BCUT2D eigenvalue weighted by atomic mass is 10.4. The molecule has 1 fully saturated rings. The second-order valence-corrected chi connectivity index (χ2v) is 4.31. The zero-order chi connectivity index (χ0) is 13.0. The topological polar surface area (TPSA) is 75.2 Å². The van der Waals surface area contributed by atoms with E-state index in [-0.39, 0.29) is 24.1 Å². The van der Waals surface area contributed by atoms with Gasteiger partial charge in [0.25, 0.3) is 5.91 Å². The number of aryl methyl sites for hydroxylation is 1. The molecule has 0 atom stereocenters. The third-order valence-corrected chi connectivity index (χ3v) is 2.87. The molecule has 6 nitrogen and oxygen atoms in total. The van der Waals surface area contributed by atoms with Crippen LogP contribution in [-0.2, 0) is 4.79 Å². The molecule has 6 heteroatoms. The number of amides is 2. The molecule has 2 amide bonds. The molecule has 0 bridgehead atoms. The van der Waals surface area contributed by atoms with Crippen molar-refractivity contribution in [3.05, 3.63) is 23.8 Å². The van der Waals surface area contributed by atoms with E-state index in [1.54, 1.807) is 11.8 Å². The summed E-state index contributed by atoms with van der Waals surface area (Å²) in [6, 6.07) is 0. The molecule has 0 aromatic carbocycles. The minimum atomic E-state index is -0.366. The van der Waals surface area contributed by atoms with Crippen LogP contribution in [0, 0.1) is 6.92 Å². The minimum Gasteiger partial charge on any atom is -0.342 e. The molecule has 18 heavy (non-hydrogen) atoms. The summed E-state index contributed by atoms with van der Waals surface area (Å²) >= 11 is 0. The van der Waals surface area contributed by atoms with Crippen LogP contribution in [0.15, 0.2) is 12.4 Å². The van der Waals surface area contributed by atoms with E-state index in [0.717, 1.165) is 31.6 Å². The number of carbonyl (C=O) groups is 2. The van der Waals surface area contributed by atoms with Crippen LogP contribution in [0.3, 0.4) is 0 Å². The van der Waals surface area contributed by atoms with Crippen molar-refractivity contribution >= 4 is 11.8 Å². The molecule has 0 radical (unpaired) electrons. The van der Waals surface area contributed by atoms with Gasteiger partial charge in [0.15, 0.2) is 0 Å². The third kappa shape index (κ3) is 3.03. The fourth-order valence-corrected chi connectivity index (χ4v) is 1.83. The Hall–Kier alpha value is -1.98. The molecule has 2 heterocycles. The fourth-order valence-electron chi connectivity index (χ4n) is 1.83. The lowest BCUT2D eigenvalue weighted by molar-refractivity contribution is -0.129. The Labute approximate surface area is 105 Å². The Bertz CT molecular complexity index is 438. The summed E-state index contributed by atoms with van der Waals surface area (Å²) in [6.45, 7) is 3.40. The van der Waals surface area contributed by atoms with Crippen molar-refractivity contribution < 1.29 is 9.59 Å². The van der Waals surface area contributed by atoms with E-state index < -0.39 is 0 Å². The van der Waals surface area contributed by atoms with Crippen LogP contribution in [-0.4, -0.2) is 46.3 Å². The Balaban J connectivity index is 1.84. The Morgan fingerprint density at radius 1 is 1.28 bits per heavy atom. The number of hydrogen-bond acceptors (Lipinski definition) is 4. The number of nitrogens with one attached hydrogen (secondary N) is 1. The van der Waals surface area contributed by atoms with Gasteiger partial charge in [-0.2, -0.15) is 0 Å². The number of aromatic nitrogens is 2. The van der Waals surface area contributed by atoms with E-state index in [0.29, 0.717) is 0 Å². The molecule has 96 valence electrons. The van der Waals surface area contributed by atoms with Crippen molar-refractivity contribution in [2.75, 3.05) is 19.6 Å². The van der Waals surface area contributed by atoms with Gasteiger partial charge in [0.1, 0.15) is 5.69 Å². The summed E-state index contributed by atoms with van der Waals surface area (Å²) in [5, 5.41) is 2.56. The summed E-state index contributed by atoms with van der Waals surface area (Å²) in [5.41, 5.74) is 0.981. The summed E-state index contributed by atoms with van der Waals surface area (Å²) in [7, 11) is 0. The normalized spacial score (nSPS) is 14.6. The Morgan fingerprint density at radius 2 is 2.00 bits per heavy atom. The minimum absolute atomic E-state index is 0.0222. The molecule has 0 aliphatic carbocycles. The zero-order valence-electron chi connectivity index (χ0n) is 10.3. The molecule has 1 N–H and O–H groups in total. The van der Waals surface area contributed by atoms with Crippen LogP contribution in [0.4, 0.5) is 0 Å². The summed E-state index contributed by atoms with van der Waals surface area (Å²) in [4.78, 5) is 33.1. The van der Waals surface area contributed by atoms with Crippen molar-refractivity contribution in [3.63, 3.8) is 0 Å². The first-order chi connectivity index (χ1) is 8.66. The molecule has 1 aromatic heterocycles. The van der Waals surface area contributed by atoms with Gasteiger partial charge in [0.2, 0.25) is 5.91 Å². The molecule has 1 saturated heterocycles. The molecule has 1 aliphatic heterocycles. The van der Waals surface area contributed by atoms with E-state index in [2.05, 4.69) is 15.3 Å². The van der Waals surface area contributed by atoms with Crippen molar-refractivity contribution in [2.24, 2.45) is 0 Å². The van der Waals surface area contributed by atoms with Gasteiger partial charge in [-0.3, -0.25) is 14.6 Å². The smallest absolute Gasteiger partial charge is 0.271 e. The molecule has 2 rings (SSSR count). The predicted molar refractivity (Wildman–Crippen MR) is 64.9 cm³/mol. The highest BCUT2D eigenvalue weighted by Gasteiger charge is 2.18. The maximum Gasteiger partial charge on any atom is 0.271 e. The maximum absolute atomic E-state index is 11.7. The Kier molecular flexibility index (Phi) is 3.86.